The van der Waals surface area contributed by atoms with Gasteiger partial charge in [-0.3, -0.25) is 0 Å². The van der Waals surface area contributed by atoms with E-state index in [0.29, 0.717) is 6.54 Å². The Morgan fingerprint density at radius 1 is 1.79 bits per heavy atom. The van der Waals surface area contributed by atoms with Crippen LogP contribution in [0, 0.1) is 0 Å². The fourth-order valence-corrected chi connectivity index (χ4v) is 3.30. The maximum atomic E-state index is 7.16. The van der Waals surface area contributed by atoms with Crippen LogP contribution >= 0.6 is 11.3 Å². The Morgan fingerprint density at radius 3 is 3.50 bits per heavy atom. The first-order valence-corrected chi connectivity index (χ1v) is 5.83. The summed E-state index contributed by atoms with van der Waals surface area (Å²) in [4.78, 5) is 1.21. The molecule has 1 N–H and O–H groups in total. The average molecular weight is 212 g/mol. The Labute approximate surface area is 92.5 Å². The van der Waals surface area contributed by atoms with Gasteiger partial charge in [-0.05, 0) is 36.8 Å². The molecule has 0 saturated heterocycles. The van der Waals surface area contributed by atoms with Crippen molar-refractivity contribution in [3.63, 3.8) is 0 Å². The third-order valence-corrected chi connectivity index (χ3v) is 4.27. The number of likely N-dealkylation sites (N-methyl/N-ethyl adjacent to an activating group) is 1. The largest absolute Gasteiger partial charge is 0.370 e. The Balaban J connectivity index is 1.76. The molecular weight excluding hydrogens is 194 g/mol. The van der Waals surface area contributed by atoms with Gasteiger partial charge in [-0.2, -0.15) is 0 Å². The van der Waals surface area contributed by atoms with Crippen molar-refractivity contribution in [2.45, 2.75) is 24.4 Å². The molecule has 3 heteroatoms. The van der Waals surface area contributed by atoms with Crippen molar-refractivity contribution in [2.24, 2.45) is 0 Å². The molecule has 1 aliphatic carbocycles. The van der Waals surface area contributed by atoms with Gasteiger partial charge in [0.15, 0.2) is 0 Å². The molecule has 1 aliphatic heterocycles. The number of hydrogen-bond acceptors (Lipinski definition) is 3. The smallest absolute Gasteiger partial charge is 0.104 e. The highest BCUT2D eigenvalue weighted by molar-refractivity contribution is 7.10. The maximum absolute atomic E-state index is 7.16. The number of hydrogen-bond donors (Lipinski definition) is 1. The molecule has 0 aromatic carbocycles. The van der Waals surface area contributed by atoms with E-state index in [-0.39, 0.29) is 11.5 Å². The van der Waals surface area contributed by atoms with Gasteiger partial charge in [0.1, 0.15) is 6.10 Å². The molecule has 76 valence electrons. The SMILES string of the molecule is [2H]C([2H])([2H])NC[C@H]1OCC2(CC2)c2ccsc21. The van der Waals surface area contributed by atoms with Gasteiger partial charge in [-0.15, -0.1) is 11.3 Å². The molecule has 3 rings (SSSR count). The van der Waals surface area contributed by atoms with Gasteiger partial charge < -0.3 is 10.1 Å². The normalized spacial score (nSPS) is 31.7. The van der Waals surface area contributed by atoms with Crippen molar-refractivity contribution in [3.05, 3.63) is 21.9 Å². The molecule has 0 bridgehead atoms. The Kier molecular flexibility index (Phi) is 1.36. The summed E-state index contributed by atoms with van der Waals surface area (Å²) in [6.45, 7) is -0.986. The third-order valence-electron chi connectivity index (χ3n) is 3.26. The van der Waals surface area contributed by atoms with Crippen LogP contribution < -0.4 is 5.32 Å². The van der Waals surface area contributed by atoms with Gasteiger partial charge in [0.2, 0.25) is 0 Å². The van der Waals surface area contributed by atoms with E-state index in [9.17, 15) is 0 Å². The van der Waals surface area contributed by atoms with Gasteiger partial charge in [-0.25, -0.2) is 0 Å². The molecule has 1 fully saturated rings. The molecule has 2 heterocycles. The van der Waals surface area contributed by atoms with E-state index in [1.54, 1.807) is 11.3 Å². The van der Waals surface area contributed by atoms with Crippen LogP contribution in [0.3, 0.4) is 0 Å². The second-order valence-electron chi connectivity index (χ2n) is 4.16. The summed E-state index contributed by atoms with van der Waals surface area (Å²) >= 11 is 1.68. The second kappa shape index (κ2) is 3.05. The van der Waals surface area contributed by atoms with Crippen LogP contribution in [0.1, 0.15) is 33.5 Å². The summed E-state index contributed by atoms with van der Waals surface area (Å²) in [5.74, 6) is 0. The zero-order chi connectivity index (χ0) is 12.1. The molecule has 14 heavy (non-hydrogen) atoms. The number of rotatable bonds is 2. The molecule has 0 amide bonds. The van der Waals surface area contributed by atoms with E-state index in [0.717, 1.165) is 6.61 Å². The molecule has 0 unspecified atom stereocenters. The lowest BCUT2D eigenvalue weighted by Gasteiger charge is -2.29. The summed E-state index contributed by atoms with van der Waals surface area (Å²) in [7, 11) is 0. The van der Waals surface area contributed by atoms with E-state index >= 15 is 0 Å². The molecule has 1 atom stereocenters. The third kappa shape index (κ3) is 1.16. The fourth-order valence-electron chi connectivity index (χ4n) is 2.23. The molecule has 0 radical (unpaired) electrons. The summed E-state index contributed by atoms with van der Waals surface area (Å²) in [6.07, 6.45) is 2.31. The first-order valence-electron chi connectivity index (χ1n) is 6.45. The molecule has 2 nitrogen and oxygen atoms in total. The Hall–Kier alpha value is -0.380. The molecule has 1 saturated carbocycles. The topological polar surface area (TPSA) is 21.3 Å². The zero-order valence-corrected chi connectivity index (χ0v) is 8.69. The van der Waals surface area contributed by atoms with Crippen LogP contribution in [0.4, 0.5) is 0 Å². The van der Waals surface area contributed by atoms with Crippen molar-refractivity contribution in [3.8, 4) is 0 Å². The van der Waals surface area contributed by atoms with Gasteiger partial charge in [0.05, 0.1) is 6.61 Å². The van der Waals surface area contributed by atoms with E-state index in [1.807, 2.05) is 0 Å². The van der Waals surface area contributed by atoms with Crippen molar-refractivity contribution < 1.29 is 8.85 Å². The predicted octanol–water partition coefficient (Wildman–Crippen LogP) is 2.07. The first-order chi connectivity index (χ1) is 8.00. The molecule has 1 aromatic rings. The predicted molar refractivity (Wildman–Crippen MR) is 57.9 cm³/mol. The molecule has 1 spiro atoms. The summed E-state index contributed by atoms with van der Waals surface area (Å²) in [5, 5.41) is 4.64. The number of nitrogens with one attached hydrogen (secondary N) is 1. The molecule has 1 aromatic heterocycles. The van der Waals surface area contributed by atoms with E-state index in [2.05, 4.69) is 16.8 Å². The van der Waals surface area contributed by atoms with E-state index in [4.69, 9.17) is 8.85 Å². The first kappa shape index (κ1) is 6.26. The van der Waals surface area contributed by atoms with Crippen LogP contribution in [0.2, 0.25) is 0 Å². The summed E-state index contributed by atoms with van der Waals surface area (Å²) in [5.41, 5.74) is 1.66. The monoisotopic (exact) mass is 212 g/mol. The highest BCUT2D eigenvalue weighted by Crippen LogP contribution is 2.55. The van der Waals surface area contributed by atoms with Crippen LogP contribution in [0.5, 0.6) is 0 Å². The lowest BCUT2D eigenvalue weighted by Crippen LogP contribution is -2.29. The van der Waals surface area contributed by atoms with Crippen LogP contribution in [0.15, 0.2) is 11.4 Å². The van der Waals surface area contributed by atoms with Crippen molar-refractivity contribution in [1.82, 2.24) is 5.32 Å². The maximum Gasteiger partial charge on any atom is 0.104 e. The van der Waals surface area contributed by atoms with Gasteiger partial charge >= 0.3 is 0 Å². The fraction of sp³-hybridized carbons (Fsp3) is 0.636. The molecule has 2 aliphatic rings. The Bertz CT molecular complexity index is 425. The van der Waals surface area contributed by atoms with Crippen LogP contribution in [-0.2, 0) is 10.2 Å². The van der Waals surface area contributed by atoms with E-state index in [1.165, 1.54) is 23.3 Å². The lowest BCUT2D eigenvalue weighted by atomic mass is 9.93. The van der Waals surface area contributed by atoms with Crippen molar-refractivity contribution >= 4 is 11.3 Å². The zero-order valence-electron chi connectivity index (χ0n) is 10.9. The quantitative estimate of drug-likeness (QED) is 0.810. The molecular formula is C11H15NOS. The average Bonchev–Trinajstić information content (AvgIpc) is 2.84. The summed E-state index contributed by atoms with van der Waals surface area (Å²) in [6, 6.07) is 2.18. The number of fused-ring (bicyclic) bond motifs is 2. The van der Waals surface area contributed by atoms with Crippen LogP contribution in [0.25, 0.3) is 0 Å². The van der Waals surface area contributed by atoms with E-state index < -0.39 is 6.98 Å². The standard InChI is InChI=1S/C11H15NOS/c1-12-6-9-10-8(2-5-14-10)11(3-4-11)7-13-9/h2,5,9,12H,3-4,6-7H2,1H3/t9-/m1/s1/i1D3. The number of thiophene rings is 1. The van der Waals surface area contributed by atoms with Crippen molar-refractivity contribution in [1.29, 1.82) is 0 Å². The van der Waals surface area contributed by atoms with Gasteiger partial charge in [0, 0.05) is 20.9 Å². The minimum atomic E-state index is -2.09. The number of ether oxygens (including phenoxy) is 1. The van der Waals surface area contributed by atoms with Crippen molar-refractivity contribution in [2.75, 3.05) is 20.1 Å². The minimum absolute atomic E-state index is 0.100. The van der Waals surface area contributed by atoms with Gasteiger partial charge in [-0.1, -0.05) is 0 Å². The van der Waals surface area contributed by atoms with Gasteiger partial charge in [0.25, 0.3) is 0 Å². The highest BCUT2D eigenvalue weighted by Gasteiger charge is 2.50. The Morgan fingerprint density at radius 2 is 2.71 bits per heavy atom. The summed E-state index contributed by atoms with van der Waals surface area (Å²) < 4.78 is 27.3. The second-order valence-corrected chi connectivity index (χ2v) is 5.11. The highest BCUT2D eigenvalue weighted by atomic mass is 32.1. The lowest BCUT2D eigenvalue weighted by molar-refractivity contribution is 0.0261. The minimum Gasteiger partial charge on any atom is -0.370 e. The van der Waals surface area contributed by atoms with Crippen LogP contribution in [-0.4, -0.2) is 20.1 Å².